The molecule has 1 aliphatic rings. The van der Waals surface area contributed by atoms with E-state index in [9.17, 15) is 9.90 Å². The van der Waals surface area contributed by atoms with Gasteiger partial charge in [-0.15, -0.1) is 0 Å². The minimum atomic E-state index is -0.828. The topological polar surface area (TPSA) is 59.0 Å². The fourth-order valence-corrected chi connectivity index (χ4v) is 2.26. The minimum Gasteiger partial charge on any atom is -0.494 e. The first kappa shape index (κ1) is 13.8. The van der Waals surface area contributed by atoms with E-state index in [2.05, 4.69) is 0 Å². The summed E-state index contributed by atoms with van der Waals surface area (Å²) in [6.07, 6.45) is 0. The molecule has 1 atom stereocenters. The zero-order valence-corrected chi connectivity index (χ0v) is 11.0. The van der Waals surface area contributed by atoms with Gasteiger partial charge in [0.25, 0.3) is 0 Å². The van der Waals surface area contributed by atoms with Crippen LogP contribution >= 0.6 is 0 Å². The summed E-state index contributed by atoms with van der Waals surface area (Å²) in [7, 11) is 0. The standard InChI is InChI=1S/C14H19NO4/c1-2-19-12-5-3-11(4-6-12)13(14(16)17)15-7-9-18-10-8-15/h3-6,13H,2,7-10H2,1H3,(H,16,17)/t13-/m1/s1. The van der Waals surface area contributed by atoms with Gasteiger partial charge in [0.05, 0.1) is 19.8 Å². The number of carbonyl (C=O) groups is 1. The molecule has 0 amide bonds. The van der Waals surface area contributed by atoms with Crippen LogP contribution in [0.1, 0.15) is 18.5 Å². The first-order valence-corrected chi connectivity index (χ1v) is 6.49. The van der Waals surface area contributed by atoms with Gasteiger partial charge >= 0.3 is 5.97 Å². The normalized spacial score (nSPS) is 17.9. The molecule has 19 heavy (non-hydrogen) atoms. The second-order valence-corrected chi connectivity index (χ2v) is 4.39. The number of ether oxygens (including phenoxy) is 2. The molecule has 0 saturated carbocycles. The average molecular weight is 265 g/mol. The Hall–Kier alpha value is -1.59. The van der Waals surface area contributed by atoms with E-state index in [4.69, 9.17) is 9.47 Å². The van der Waals surface area contributed by atoms with Gasteiger partial charge in [-0.2, -0.15) is 0 Å². The van der Waals surface area contributed by atoms with E-state index in [0.717, 1.165) is 11.3 Å². The third-order valence-electron chi connectivity index (χ3n) is 3.15. The number of morpholine rings is 1. The summed E-state index contributed by atoms with van der Waals surface area (Å²) in [4.78, 5) is 13.4. The maximum absolute atomic E-state index is 11.5. The molecule has 1 aliphatic heterocycles. The number of carboxylic acids is 1. The van der Waals surface area contributed by atoms with Gasteiger partial charge in [0.1, 0.15) is 11.8 Å². The maximum Gasteiger partial charge on any atom is 0.325 e. The molecule has 0 spiro atoms. The molecule has 1 N–H and O–H groups in total. The first-order valence-electron chi connectivity index (χ1n) is 6.49. The SMILES string of the molecule is CCOc1ccc([C@H](C(=O)O)N2CCOCC2)cc1. The lowest BCUT2D eigenvalue weighted by atomic mass is 10.0. The van der Waals surface area contributed by atoms with Gasteiger partial charge in [0.15, 0.2) is 0 Å². The summed E-state index contributed by atoms with van der Waals surface area (Å²) >= 11 is 0. The number of hydrogen-bond donors (Lipinski definition) is 1. The van der Waals surface area contributed by atoms with Gasteiger partial charge in [-0.05, 0) is 24.6 Å². The van der Waals surface area contributed by atoms with Crippen LogP contribution < -0.4 is 4.74 Å². The van der Waals surface area contributed by atoms with Crippen molar-refractivity contribution < 1.29 is 19.4 Å². The molecular formula is C14H19NO4. The fourth-order valence-electron chi connectivity index (χ4n) is 2.26. The third-order valence-corrected chi connectivity index (χ3v) is 3.15. The van der Waals surface area contributed by atoms with Crippen molar-refractivity contribution in [2.75, 3.05) is 32.9 Å². The molecule has 0 aliphatic carbocycles. The lowest BCUT2D eigenvalue weighted by Crippen LogP contribution is -2.42. The van der Waals surface area contributed by atoms with Crippen LogP contribution in [0.2, 0.25) is 0 Å². The zero-order valence-electron chi connectivity index (χ0n) is 11.0. The highest BCUT2D eigenvalue weighted by Crippen LogP contribution is 2.24. The summed E-state index contributed by atoms with van der Waals surface area (Å²) in [6.45, 7) is 4.98. The van der Waals surface area contributed by atoms with Crippen molar-refractivity contribution in [1.82, 2.24) is 4.90 Å². The Labute approximate surface area is 112 Å². The molecule has 5 heteroatoms. The van der Waals surface area contributed by atoms with Crippen molar-refractivity contribution in [2.24, 2.45) is 0 Å². The van der Waals surface area contributed by atoms with Crippen molar-refractivity contribution in [3.8, 4) is 5.75 Å². The Morgan fingerprint density at radius 1 is 1.37 bits per heavy atom. The van der Waals surface area contributed by atoms with Crippen molar-refractivity contribution in [1.29, 1.82) is 0 Å². The second-order valence-electron chi connectivity index (χ2n) is 4.39. The Morgan fingerprint density at radius 3 is 2.53 bits per heavy atom. The van der Waals surface area contributed by atoms with Gasteiger partial charge in [0, 0.05) is 13.1 Å². The average Bonchev–Trinajstić information content (AvgIpc) is 2.42. The number of hydrogen-bond acceptors (Lipinski definition) is 4. The Bertz CT molecular complexity index is 412. The van der Waals surface area contributed by atoms with Gasteiger partial charge in [-0.1, -0.05) is 12.1 Å². The van der Waals surface area contributed by atoms with E-state index in [-0.39, 0.29) is 0 Å². The smallest absolute Gasteiger partial charge is 0.325 e. The monoisotopic (exact) mass is 265 g/mol. The van der Waals surface area contributed by atoms with Gasteiger partial charge < -0.3 is 14.6 Å². The van der Waals surface area contributed by atoms with E-state index in [1.807, 2.05) is 36.1 Å². The van der Waals surface area contributed by atoms with E-state index >= 15 is 0 Å². The highest BCUT2D eigenvalue weighted by atomic mass is 16.5. The second kappa shape index (κ2) is 6.54. The molecule has 0 bridgehead atoms. The molecule has 1 aromatic rings. The van der Waals surface area contributed by atoms with Crippen molar-refractivity contribution in [2.45, 2.75) is 13.0 Å². The number of rotatable bonds is 5. The van der Waals surface area contributed by atoms with Crippen LogP contribution in [0.25, 0.3) is 0 Å². The predicted octanol–water partition coefficient (Wildman–Crippen LogP) is 1.54. The van der Waals surface area contributed by atoms with Crippen LogP contribution in [0.3, 0.4) is 0 Å². The molecule has 0 radical (unpaired) electrons. The van der Waals surface area contributed by atoms with E-state index < -0.39 is 12.0 Å². The minimum absolute atomic E-state index is 0.584. The Morgan fingerprint density at radius 2 is 2.00 bits per heavy atom. The summed E-state index contributed by atoms with van der Waals surface area (Å²) in [5.41, 5.74) is 0.776. The van der Waals surface area contributed by atoms with Crippen molar-refractivity contribution >= 4 is 5.97 Å². The molecule has 1 saturated heterocycles. The maximum atomic E-state index is 11.5. The molecule has 0 unspecified atom stereocenters. The van der Waals surface area contributed by atoms with Crippen LogP contribution in [0.15, 0.2) is 24.3 Å². The highest BCUT2D eigenvalue weighted by Gasteiger charge is 2.28. The summed E-state index contributed by atoms with van der Waals surface area (Å²) < 4.78 is 10.6. The molecule has 104 valence electrons. The van der Waals surface area contributed by atoms with E-state index in [1.165, 1.54) is 0 Å². The molecule has 1 aromatic carbocycles. The van der Waals surface area contributed by atoms with Gasteiger partial charge in [-0.25, -0.2) is 0 Å². The molecule has 1 heterocycles. The largest absolute Gasteiger partial charge is 0.494 e. The molecule has 2 rings (SSSR count). The number of nitrogens with zero attached hydrogens (tertiary/aromatic N) is 1. The number of benzene rings is 1. The molecule has 0 aromatic heterocycles. The lowest BCUT2D eigenvalue weighted by molar-refractivity contribution is -0.145. The van der Waals surface area contributed by atoms with Gasteiger partial charge in [-0.3, -0.25) is 9.69 Å². The lowest BCUT2D eigenvalue weighted by Gasteiger charge is -2.32. The van der Waals surface area contributed by atoms with Crippen LogP contribution in [0, 0.1) is 0 Å². The zero-order chi connectivity index (χ0) is 13.7. The third kappa shape index (κ3) is 3.45. The van der Waals surface area contributed by atoms with Crippen LogP contribution in [-0.4, -0.2) is 48.9 Å². The van der Waals surface area contributed by atoms with E-state index in [0.29, 0.717) is 32.9 Å². The fraction of sp³-hybridized carbons (Fsp3) is 0.500. The van der Waals surface area contributed by atoms with Crippen molar-refractivity contribution in [3.05, 3.63) is 29.8 Å². The van der Waals surface area contributed by atoms with Gasteiger partial charge in [0.2, 0.25) is 0 Å². The quantitative estimate of drug-likeness (QED) is 0.875. The predicted molar refractivity (Wildman–Crippen MR) is 70.4 cm³/mol. The number of carboxylic acid groups (broad SMARTS) is 1. The van der Waals surface area contributed by atoms with Crippen molar-refractivity contribution in [3.63, 3.8) is 0 Å². The van der Waals surface area contributed by atoms with Crippen LogP contribution in [-0.2, 0) is 9.53 Å². The Kier molecular flexibility index (Phi) is 4.76. The molecule has 5 nitrogen and oxygen atoms in total. The summed E-state index contributed by atoms with van der Waals surface area (Å²) in [5, 5.41) is 9.44. The molecule has 1 fully saturated rings. The first-order chi connectivity index (χ1) is 9.22. The molecular weight excluding hydrogens is 246 g/mol. The van der Waals surface area contributed by atoms with Crippen LogP contribution in [0.4, 0.5) is 0 Å². The van der Waals surface area contributed by atoms with E-state index in [1.54, 1.807) is 0 Å². The summed E-state index contributed by atoms with van der Waals surface area (Å²) in [5.74, 6) is -0.0663. The van der Waals surface area contributed by atoms with Crippen LogP contribution in [0.5, 0.6) is 5.75 Å². The highest BCUT2D eigenvalue weighted by molar-refractivity contribution is 5.75. The Balaban J connectivity index is 2.15. The summed E-state index contributed by atoms with van der Waals surface area (Å²) in [6, 6.07) is 6.66. The number of aliphatic carboxylic acids is 1.